The van der Waals surface area contributed by atoms with E-state index in [1.165, 1.54) is 44.3 Å². The second-order valence-electron chi connectivity index (χ2n) is 27.6. The van der Waals surface area contributed by atoms with Crippen molar-refractivity contribution in [3.05, 3.63) is 52.1 Å². The number of amides is 7. The van der Waals surface area contributed by atoms with Crippen molar-refractivity contribution in [1.82, 2.24) is 57.2 Å². The van der Waals surface area contributed by atoms with Gasteiger partial charge in [0, 0.05) is 112 Å². The molecule has 116 heavy (non-hydrogen) atoms. The molecule has 648 valence electrons. The molecule has 3 rings (SSSR count). The van der Waals surface area contributed by atoms with Gasteiger partial charge in [-0.2, -0.15) is 4.98 Å². The van der Waals surface area contributed by atoms with Crippen molar-refractivity contribution in [2.75, 3.05) is 50.5 Å². The first-order valence-electron chi connectivity index (χ1n) is 36.7. The minimum Gasteiger partial charge on any atom is -0.481 e. The van der Waals surface area contributed by atoms with Gasteiger partial charge in [-0.15, -0.1) is 0 Å². The molecule has 46 nitrogen and oxygen atoms in total. The zero-order valence-corrected chi connectivity index (χ0v) is 63.2. The number of carbonyl (C=O) groups excluding carboxylic acids is 10. The van der Waals surface area contributed by atoms with Gasteiger partial charge in [-0.05, 0) is 69.2 Å². The van der Waals surface area contributed by atoms with E-state index >= 15 is 0 Å². The normalized spacial score (nSPS) is 16.4. The van der Waals surface area contributed by atoms with Crippen LogP contribution in [-0.4, -0.2) is 325 Å². The Morgan fingerprint density at radius 1 is 0.466 bits per heavy atom. The van der Waals surface area contributed by atoms with Crippen LogP contribution >= 0.6 is 0 Å². The number of nitrogens with one attached hydrogen (secondary N) is 9. The van der Waals surface area contributed by atoms with Gasteiger partial charge < -0.3 is 140 Å². The van der Waals surface area contributed by atoms with Crippen LogP contribution < -0.4 is 53.8 Å². The van der Waals surface area contributed by atoms with Gasteiger partial charge in [-0.25, -0.2) is 19.6 Å². The van der Waals surface area contributed by atoms with Crippen LogP contribution in [0.25, 0.3) is 11.2 Å². The molecular weight excluding hydrogens is 1550 g/mol. The summed E-state index contributed by atoms with van der Waals surface area (Å²) in [4.78, 5) is 216. The first-order chi connectivity index (χ1) is 54.5. The van der Waals surface area contributed by atoms with Gasteiger partial charge in [0.1, 0.15) is 54.5 Å². The number of benzene rings is 1. The molecule has 0 bridgehead atoms. The highest BCUT2D eigenvalue weighted by molar-refractivity contribution is 5.99. The van der Waals surface area contributed by atoms with E-state index in [0.717, 1.165) is 0 Å². The van der Waals surface area contributed by atoms with Crippen molar-refractivity contribution in [3.8, 4) is 0 Å². The summed E-state index contributed by atoms with van der Waals surface area (Å²) in [5.41, 5.74) is 5.46. The SMILES string of the molecule is CC[C@@H](NC(=O)[C@H](CCC(=O)NC[C@H](O)[C@@H](O)[C@H](C)[C@H](O)CO)CC(=O)[C@@H](CCC(=O)O)NC(=O)[C@H](CCC(=O)NC[C@H](O)[C@@H](O)[C@H](O)[C@H](O)CO)CC(=O)[C@@H](CCC(=O)O)NC(=O)[C@H](CCC(=O)NC[C@H](O)[C@@H](O)[C@H](O)[C@H](O)CO)CC(=O)CC[C@H](NC(=O)c1ccc(NCc2cnc3nc(N)[nH]c(=O)c3n2)cc1)C(=O)O)C(=O)O. The minimum absolute atomic E-state index is 0.00750. The maximum Gasteiger partial charge on any atom is 0.326 e. The van der Waals surface area contributed by atoms with Crippen LogP contribution in [0.4, 0.5) is 11.6 Å². The fourth-order valence-electron chi connectivity index (χ4n) is 11.4. The number of carbonyl (C=O) groups is 14. The predicted octanol–water partition coefficient (Wildman–Crippen LogP) is -9.45. The number of ketones is 3. The van der Waals surface area contributed by atoms with Crippen molar-refractivity contribution in [2.45, 2.75) is 214 Å². The molecule has 29 N–H and O–H groups in total. The second kappa shape index (κ2) is 50.2. The van der Waals surface area contributed by atoms with Gasteiger partial charge in [-0.1, -0.05) is 13.8 Å². The number of fused-ring (bicyclic) bond motifs is 1. The van der Waals surface area contributed by atoms with Crippen LogP contribution in [0.2, 0.25) is 0 Å². The van der Waals surface area contributed by atoms with Crippen LogP contribution in [-0.2, 0) is 68.9 Å². The van der Waals surface area contributed by atoms with Crippen molar-refractivity contribution in [2.24, 2.45) is 23.7 Å². The molecule has 0 spiro atoms. The van der Waals surface area contributed by atoms with Crippen molar-refractivity contribution >= 4 is 105 Å². The molecule has 0 aliphatic carbocycles. The standard InChI is InChI=1S/C70H105N13O33/c1-3-39(68(113)114)78-65(110)34(7-16-52(97)73-25-45(90)57(103)31(2)48(93)28-84)21-43(88)41(14-19-55(101)102)80-66(111)35(8-17-53(98)75-27-47(92)59(105)61(107)50(95)30-86)22-44(89)40(13-18-54(99)100)79-64(109)33(6-15-51(96)74-26-46(91)58(104)60(106)49(94)29-85)20-38(87)11-12-42(69(115)116)81-63(108)32-4-9-36(10-5-32)72-23-37-24-76-62-56(77-37)67(112)83-70(71)82-62/h4-5,9-10,24,31,33-35,39-42,45-50,57-61,72,84-86,90-95,103-107H,3,6-8,11-23,25-30H2,1-2H3,(H,73,97)(H,74,96)(H,75,98)(H,78,110)(H,79,109)(H,80,111)(H,81,108)(H,99,100)(H,101,102)(H,113,114)(H,115,116)(H3,71,76,82,83,112)/t31-,33-,34-,35-,39-,40-,41-,42+,45+,46+,47+,48-,49-,50-,57+,58-,59-,60-,61-/m1/s1. The van der Waals surface area contributed by atoms with Gasteiger partial charge >= 0.3 is 23.9 Å². The molecule has 46 heteroatoms. The van der Waals surface area contributed by atoms with Crippen LogP contribution in [0.1, 0.15) is 133 Å². The van der Waals surface area contributed by atoms with Crippen LogP contribution in [0.3, 0.4) is 0 Å². The summed E-state index contributed by atoms with van der Waals surface area (Å²) in [7, 11) is 0. The summed E-state index contributed by atoms with van der Waals surface area (Å²) >= 11 is 0. The summed E-state index contributed by atoms with van der Waals surface area (Å²) < 4.78 is 0. The Labute approximate surface area is 660 Å². The lowest BCUT2D eigenvalue weighted by atomic mass is 9.89. The third kappa shape index (κ3) is 34.2. The molecular formula is C70H105N13O33. The largest absolute Gasteiger partial charge is 0.481 e. The maximum absolute atomic E-state index is 14.8. The number of Topliss-reactive ketones (excluding diaryl/α,β-unsaturated/α-hetero) is 3. The molecule has 3 aromatic rings. The molecule has 0 radical (unpaired) electrons. The lowest BCUT2D eigenvalue weighted by Gasteiger charge is -2.27. The number of nitrogens with zero attached hydrogens (tertiary/aromatic N) is 3. The van der Waals surface area contributed by atoms with Crippen molar-refractivity contribution in [3.63, 3.8) is 0 Å². The number of aromatic amines is 1. The molecule has 0 saturated carbocycles. The Bertz CT molecular complexity index is 3860. The smallest absolute Gasteiger partial charge is 0.326 e. The predicted molar refractivity (Wildman–Crippen MR) is 394 cm³/mol. The number of carboxylic acid groups (broad SMARTS) is 4. The highest BCUT2D eigenvalue weighted by Crippen LogP contribution is 2.24. The van der Waals surface area contributed by atoms with E-state index in [-0.39, 0.29) is 35.6 Å². The summed E-state index contributed by atoms with van der Waals surface area (Å²) in [5, 5.41) is 198. The third-order valence-corrected chi connectivity index (χ3v) is 18.7. The fraction of sp³-hybridized carbons (Fsp3) is 0.629. The van der Waals surface area contributed by atoms with E-state index in [1.807, 2.05) is 0 Å². The zero-order chi connectivity index (χ0) is 87.4. The quantitative estimate of drug-likeness (QED) is 0.0250. The van der Waals surface area contributed by atoms with Crippen molar-refractivity contribution in [1.29, 1.82) is 0 Å². The van der Waals surface area contributed by atoms with E-state index in [4.69, 9.17) is 5.73 Å². The number of rotatable bonds is 58. The van der Waals surface area contributed by atoms with Crippen LogP contribution in [0.15, 0.2) is 35.3 Å². The Morgan fingerprint density at radius 2 is 0.862 bits per heavy atom. The zero-order valence-electron chi connectivity index (χ0n) is 63.2. The molecule has 1 aromatic carbocycles. The number of nitrogens with two attached hydrogens (primary N) is 1. The molecule has 0 fully saturated rings. The number of anilines is 2. The number of hydrogen-bond acceptors (Lipinski definition) is 34. The number of H-pyrrole nitrogens is 1. The number of aliphatic hydroxyl groups is 14. The third-order valence-electron chi connectivity index (χ3n) is 18.7. The summed E-state index contributed by atoms with van der Waals surface area (Å²) in [5.74, 6) is -24.3. The summed E-state index contributed by atoms with van der Waals surface area (Å²) in [6.45, 7) is -2.72. The topological polar surface area (TPSA) is 797 Å². The molecule has 0 aliphatic rings. The monoisotopic (exact) mass is 1660 g/mol. The molecule has 2 heterocycles. The van der Waals surface area contributed by atoms with Gasteiger partial charge in [0.15, 0.2) is 22.7 Å². The Balaban J connectivity index is 2.05. The average molecular weight is 1660 g/mol. The number of aliphatic carboxylic acids is 4. The lowest BCUT2D eigenvalue weighted by molar-refractivity contribution is -0.143. The Morgan fingerprint density at radius 3 is 1.27 bits per heavy atom. The lowest BCUT2D eigenvalue weighted by Crippen LogP contribution is -2.50. The highest BCUT2D eigenvalue weighted by atomic mass is 16.4. The number of nitrogen functional groups attached to an aromatic ring is 1. The maximum atomic E-state index is 14.8. The molecule has 0 unspecified atom stereocenters. The number of aliphatic hydroxyl groups excluding tert-OH is 14. The van der Waals surface area contributed by atoms with Crippen LogP contribution in [0.5, 0.6) is 0 Å². The molecule has 0 aliphatic heterocycles. The van der Waals surface area contributed by atoms with E-state index in [2.05, 4.69) is 62.5 Å². The van der Waals surface area contributed by atoms with Crippen LogP contribution in [0, 0.1) is 23.7 Å². The number of carboxylic acids is 4. The van der Waals surface area contributed by atoms with Gasteiger partial charge in [0.2, 0.25) is 41.4 Å². The van der Waals surface area contributed by atoms with E-state index < -0.39 is 339 Å². The molecule has 19 atom stereocenters. The number of hydrogen-bond donors (Lipinski definition) is 28. The van der Waals surface area contributed by atoms with Gasteiger partial charge in [-0.3, -0.25) is 67.3 Å². The average Bonchev–Trinajstić information content (AvgIpc) is 0.815. The number of aromatic nitrogens is 4. The van der Waals surface area contributed by atoms with E-state index in [9.17, 15) is 164 Å². The van der Waals surface area contributed by atoms with Gasteiger partial charge in [0.05, 0.1) is 80.9 Å². The van der Waals surface area contributed by atoms with E-state index in [0.29, 0.717) is 11.4 Å². The second-order valence-corrected chi connectivity index (χ2v) is 27.6. The first-order valence-corrected chi connectivity index (χ1v) is 36.7. The Kier molecular flexibility index (Phi) is 43.2. The van der Waals surface area contributed by atoms with Gasteiger partial charge in [0.25, 0.3) is 11.5 Å². The summed E-state index contributed by atoms with van der Waals surface area (Å²) in [6, 6.07) is -1.93. The summed E-state index contributed by atoms with van der Waals surface area (Å²) in [6.07, 6.45) is -33.0. The fourth-order valence-corrected chi connectivity index (χ4v) is 11.4. The minimum atomic E-state index is -2.21. The van der Waals surface area contributed by atoms with Crippen molar-refractivity contribution < 1.29 is 159 Å². The molecule has 2 aromatic heterocycles. The highest BCUT2D eigenvalue weighted by Gasteiger charge is 2.38. The molecule has 7 amide bonds. The Hall–Kier alpha value is -10.3. The molecule has 0 saturated heterocycles. The first kappa shape index (κ1) is 99.9. The van der Waals surface area contributed by atoms with E-state index in [1.54, 1.807) is 0 Å².